The zero-order chi connectivity index (χ0) is 28.0. The summed E-state index contributed by atoms with van der Waals surface area (Å²) in [6.45, 7) is 4.85. The third-order valence-corrected chi connectivity index (χ3v) is 6.53. The summed E-state index contributed by atoms with van der Waals surface area (Å²) in [6, 6.07) is -3.83. The normalized spacial score (nSPS) is 20.7. The fourth-order valence-corrected chi connectivity index (χ4v) is 4.32. The predicted molar refractivity (Wildman–Crippen MR) is 126 cm³/mol. The van der Waals surface area contributed by atoms with Crippen LogP contribution in [0.5, 0.6) is 0 Å². The molecule has 0 aromatic heterocycles. The molecule has 1 saturated heterocycles. The Morgan fingerprint density at radius 2 is 1.73 bits per heavy atom. The number of carbonyl (C=O) groups excluding carboxylic acids is 2. The lowest BCUT2D eigenvalue weighted by Gasteiger charge is -2.29. The van der Waals surface area contributed by atoms with E-state index in [1.807, 2.05) is 6.92 Å². The van der Waals surface area contributed by atoms with Gasteiger partial charge in [-0.3, -0.25) is 19.7 Å². The van der Waals surface area contributed by atoms with Crippen molar-refractivity contribution in [2.45, 2.75) is 76.7 Å². The van der Waals surface area contributed by atoms with Crippen molar-refractivity contribution in [3.8, 4) is 0 Å². The van der Waals surface area contributed by atoms with Crippen LogP contribution in [-0.4, -0.2) is 75.6 Å². The van der Waals surface area contributed by atoms with E-state index in [1.54, 1.807) is 6.92 Å². The van der Waals surface area contributed by atoms with Gasteiger partial charge in [-0.25, -0.2) is 18.0 Å². The minimum Gasteiger partial charge on any atom is -0.480 e. The van der Waals surface area contributed by atoms with E-state index in [0.29, 0.717) is 18.6 Å². The van der Waals surface area contributed by atoms with Gasteiger partial charge in [0.1, 0.15) is 17.9 Å². The molecule has 2 rings (SSSR count). The van der Waals surface area contributed by atoms with Crippen molar-refractivity contribution in [1.82, 2.24) is 15.5 Å². The molecule has 10 nitrogen and oxygen atoms in total. The molecule has 0 saturated carbocycles. The second-order valence-electron chi connectivity index (χ2n) is 9.46. The molecule has 0 aliphatic carbocycles. The number of carboxylic acid groups (broad SMARTS) is 2. The molecular weight excluding hydrogens is 497 g/mol. The Morgan fingerprint density at radius 1 is 1.11 bits per heavy atom. The van der Waals surface area contributed by atoms with Crippen LogP contribution in [0.15, 0.2) is 12.1 Å². The van der Waals surface area contributed by atoms with E-state index in [9.17, 15) is 42.6 Å². The Bertz CT molecular complexity index is 1030. The Labute approximate surface area is 212 Å². The lowest BCUT2D eigenvalue weighted by atomic mass is 9.98. The summed E-state index contributed by atoms with van der Waals surface area (Å²) in [6.07, 6.45) is -0.0903. The third kappa shape index (κ3) is 7.89. The molecule has 1 aromatic rings. The average molecular weight is 531 g/mol. The minimum absolute atomic E-state index is 0.0830. The van der Waals surface area contributed by atoms with Crippen LogP contribution in [0, 0.1) is 23.4 Å². The van der Waals surface area contributed by atoms with Gasteiger partial charge in [0.2, 0.25) is 11.8 Å². The van der Waals surface area contributed by atoms with E-state index in [2.05, 4.69) is 10.6 Å². The summed E-state index contributed by atoms with van der Waals surface area (Å²) < 4.78 is 40.3. The molecule has 6 N–H and O–H groups in total. The van der Waals surface area contributed by atoms with Gasteiger partial charge in [-0.05, 0) is 30.9 Å². The molecule has 2 amide bonds. The van der Waals surface area contributed by atoms with E-state index in [-0.39, 0.29) is 37.3 Å². The summed E-state index contributed by atoms with van der Waals surface area (Å²) in [7, 11) is 0. The van der Waals surface area contributed by atoms with Gasteiger partial charge in [-0.2, -0.15) is 0 Å². The summed E-state index contributed by atoms with van der Waals surface area (Å²) in [5.41, 5.74) is 5.68. The van der Waals surface area contributed by atoms with Gasteiger partial charge in [0, 0.05) is 37.5 Å². The predicted octanol–water partition coefficient (Wildman–Crippen LogP) is 1.01. The number of likely N-dealkylation sites (tertiary alicyclic amines) is 1. The highest BCUT2D eigenvalue weighted by molar-refractivity contribution is 5.88. The van der Waals surface area contributed by atoms with Crippen molar-refractivity contribution in [2.24, 2.45) is 11.7 Å². The highest BCUT2D eigenvalue weighted by Gasteiger charge is 2.42. The number of hydrogen-bond donors (Lipinski definition) is 5. The van der Waals surface area contributed by atoms with Crippen LogP contribution < -0.4 is 16.4 Å². The van der Waals surface area contributed by atoms with Gasteiger partial charge >= 0.3 is 11.9 Å². The van der Waals surface area contributed by atoms with Crippen molar-refractivity contribution in [1.29, 1.82) is 0 Å². The molecule has 37 heavy (non-hydrogen) atoms. The van der Waals surface area contributed by atoms with Crippen LogP contribution in [0.1, 0.15) is 45.6 Å². The molecule has 1 heterocycles. The van der Waals surface area contributed by atoms with Gasteiger partial charge < -0.3 is 26.2 Å². The SMILES string of the molecule is CCC(C)[C@H](N[C@@H](C)C(=O)N1C[C@@H](NC(=O)C[C@H](N)Cc2cc(F)c(F)cc2F)C[C@H]1C(=O)O)C(=O)O. The van der Waals surface area contributed by atoms with Crippen LogP contribution in [0.2, 0.25) is 0 Å². The number of rotatable bonds is 12. The number of hydrogen-bond acceptors (Lipinski definition) is 6. The van der Waals surface area contributed by atoms with E-state index >= 15 is 0 Å². The molecule has 206 valence electrons. The molecule has 1 aliphatic rings. The Hall–Kier alpha value is -3.19. The maximum atomic E-state index is 13.9. The van der Waals surface area contributed by atoms with Crippen molar-refractivity contribution < 1.29 is 42.6 Å². The molecule has 0 bridgehead atoms. The zero-order valence-electron chi connectivity index (χ0n) is 20.8. The molecule has 0 spiro atoms. The van der Waals surface area contributed by atoms with Gasteiger partial charge in [-0.15, -0.1) is 0 Å². The molecule has 1 fully saturated rings. The van der Waals surface area contributed by atoms with E-state index in [4.69, 9.17) is 5.73 Å². The van der Waals surface area contributed by atoms with Gasteiger partial charge in [0.15, 0.2) is 11.6 Å². The molecule has 1 aromatic carbocycles. The highest BCUT2D eigenvalue weighted by atomic mass is 19.2. The van der Waals surface area contributed by atoms with Gasteiger partial charge in [-0.1, -0.05) is 20.3 Å². The van der Waals surface area contributed by atoms with Crippen LogP contribution in [0.4, 0.5) is 13.2 Å². The number of nitrogens with two attached hydrogens (primary N) is 1. The van der Waals surface area contributed by atoms with Crippen molar-refractivity contribution >= 4 is 23.8 Å². The molecule has 1 aliphatic heterocycles. The second kappa shape index (κ2) is 12.9. The van der Waals surface area contributed by atoms with Crippen molar-refractivity contribution in [3.63, 3.8) is 0 Å². The molecule has 13 heteroatoms. The summed E-state index contributed by atoms with van der Waals surface area (Å²) in [5, 5.41) is 24.4. The monoisotopic (exact) mass is 530 g/mol. The molecule has 0 radical (unpaired) electrons. The number of aliphatic carboxylic acids is 2. The quantitative estimate of drug-likeness (QED) is 0.250. The fraction of sp³-hybridized carbons (Fsp3) is 0.583. The van der Waals surface area contributed by atoms with Crippen LogP contribution in [0.25, 0.3) is 0 Å². The van der Waals surface area contributed by atoms with E-state index in [0.717, 1.165) is 4.90 Å². The first-order valence-electron chi connectivity index (χ1n) is 12.0. The molecule has 1 unspecified atom stereocenters. The first-order valence-corrected chi connectivity index (χ1v) is 12.0. The van der Waals surface area contributed by atoms with Crippen LogP contribution in [0.3, 0.4) is 0 Å². The van der Waals surface area contributed by atoms with E-state index < -0.39 is 71.4 Å². The number of benzene rings is 1. The first kappa shape index (κ1) is 30.0. The molecular formula is C24H33F3N4O6. The number of amides is 2. The number of carbonyl (C=O) groups is 4. The lowest BCUT2D eigenvalue weighted by molar-refractivity contribution is -0.149. The second-order valence-corrected chi connectivity index (χ2v) is 9.46. The van der Waals surface area contributed by atoms with Crippen molar-refractivity contribution in [2.75, 3.05) is 6.54 Å². The minimum atomic E-state index is -1.34. The van der Waals surface area contributed by atoms with Gasteiger partial charge in [0.25, 0.3) is 0 Å². The third-order valence-electron chi connectivity index (χ3n) is 6.53. The summed E-state index contributed by atoms with van der Waals surface area (Å²) >= 11 is 0. The Kier molecular flexibility index (Phi) is 10.4. The van der Waals surface area contributed by atoms with Crippen LogP contribution >= 0.6 is 0 Å². The van der Waals surface area contributed by atoms with Crippen molar-refractivity contribution in [3.05, 3.63) is 35.1 Å². The average Bonchev–Trinajstić information content (AvgIpc) is 3.23. The number of halogens is 3. The number of nitrogens with one attached hydrogen (secondary N) is 2. The summed E-state index contributed by atoms with van der Waals surface area (Å²) in [5.74, 6) is -7.48. The Morgan fingerprint density at radius 3 is 2.30 bits per heavy atom. The maximum absolute atomic E-state index is 13.9. The van der Waals surface area contributed by atoms with Crippen LogP contribution in [-0.2, 0) is 25.6 Å². The standard InChI is InChI=1S/C24H33F3N4O6/c1-4-11(2)21(24(36)37)29-12(3)22(33)31-10-15(8-19(31)23(34)35)30-20(32)7-14(28)5-13-6-17(26)18(27)9-16(13)25/h6,9,11-12,14-15,19,21,29H,4-5,7-8,10,28H2,1-3H3,(H,30,32)(H,34,35)(H,36,37)/t11?,12-,14+,15-,19-,21-/m0/s1. The molecule has 6 atom stereocenters. The van der Waals surface area contributed by atoms with E-state index in [1.165, 1.54) is 6.92 Å². The Balaban J connectivity index is 2.00. The fourth-order valence-electron chi connectivity index (χ4n) is 4.32. The number of carboxylic acids is 2. The lowest BCUT2D eigenvalue weighted by Crippen LogP contribution is -2.54. The number of nitrogens with zero attached hydrogens (tertiary/aromatic N) is 1. The topological polar surface area (TPSA) is 162 Å². The first-order chi connectivity index (χ1) is 17.2. The van der Waals surface area contributed by atoms with Gasteiger partial charge in [0.05, 0.1) is 6.04 Å². The summed E-state index contributed by atoms with van der Waals surface area (Å²) in [4.78, 5) is 49.9. The highest BCUT2D eigenvalue weighted by Crippen LogP contribution is 2.21. The zero-order valence-corrected chi connectivity index (χ0v) is 20.8. The maximum Gasteiger partial charge on any atom is 0.326 e. The largest absolute Gasteiger partial charge is 0.480 e. The smallest absolute Gasteiger partial charge is 0.326 e.